The molecule has 0 saturated carbocycles. The molecule has 3 rings (SSSR count). The highest BCUT2D eigenvalue weighted by Gasteiger charge is 2.30. The molecule has 2 aromatic rings. The van der Waals surface area contributed by atoms with E-state index in [-0.39, 0.29) is 6.10 Å². The third-order valence-electron chi connectivity index (χ3n) is 3.70. The van der Waals surface area contributed by atoms with Crippen molar-refractivity contribution in [2.75, 3.05) is 13.7 Å². The van der Waals surface area contributed by atoms with Crippen molar-refractivity contribution in [3.63, 3.8) is 0 Å². The van der Waals surface area contributed by atoms with E-state index >= 15 is 0 Å². The lowest BCUT2D eigenvalue weighted by molar-refractivity contribution is 0.154. The van der Waals surface area contributed by atoms with Gasteiger partial charge in [-0.15, -0.1) is 11.3 Å². The summed E-state index contributed by atoms with van der Waals surface area (Å²) in [5.41, 5.74) is 1.21. The minimum absolute atomic E-state index is 0.0723. The zero-order chi connectivity index (χ0) is 14.8. The van der Waals surface area contributed by atoms with Crippen molar-refractivity contribution >= 4 is 27.3 Å². The summed E-state index contributed by atoms with van der Waals surface area (Å²) in [6.45, 7) is 3.07. The first-order valence-electron chi connectivity index (χ1n) is 7.03. The summed E-state index contributed by atoms with van der Waals surface area (Å²) in [6.07, 6.45) is 1.01. The minimum atomic E-state index is 0.0723. The van der Waals surface area contributed by atoms with Gasteiger partial charge in [0.25, 0.3) is 0 Å². The smallest absolute Gasteiger partial charge is 0.136 e. The van der Waals surface area contributed by atoms with E-state index < -0.39 is 0 Å². The summed E-state index contributed by atoms with van der Waals surface area (Å²) in [6, 6.07) is 8.46. The van der Waals surface area contributed by atoms with E-state index in [1.54, 1.807) is 18.4 Å². The minimum Gasteiger partial charge on any atom is -0.497 e. The molecule has 21 heavy (non-hydrogen) atoms. The summed E-state index contributed by atoms with van der Waals surface area (Å²) in [4.78, 5) is 1.24. The molecule has 112 valence electrons. The van der Waals surface area contributed by atoms with Crippen molar-refractivity contribution in [3.8, 4) is 11.5 Å². The van der Waals surface area contributed by atoms with Crippen molar-refractivity contribution < 1.29 is 9.47 Å². The van der Waals surface area contributed by atoms with Crippen LogP contribution in [0.1, 0.15) is 35.9 Å². The number of halogens is 1. The van der Waals surface area contributed by atoms with Gasteiger partial charge in [-0.05, 0) is 40.0 Å². The predicted molar refractivity (Wildman–Crippen MR) is 89.4 cm³/mol. The maximum absolute atomic E-state index is 6.24. The molecule has 0 bridgehead atoms. The molecule has 1 aromatic carbocycles. The van der Waals surface area contributed by atoms with Crippen molar-refractivity contribution in [3.05, 3.63) is 44.6 Å². The molecule has 1 aromatic heterocycles. The molecule has 2 atom stereocenters. The number of hydrogen-bond acceptors (Lipinski definition) is 4. The van der Waals surface area contributed by atoms with E-state index in [1.807, 2.05) is 12.1 Å². The Bertz CT molecular complexity index is 628. The number of ether oxygens (including phenoxy) is 2. The molecule has 0 saturated heterocycles. The van der Waals surface area contributed by atoms with Crippen LogP contribution in [0.5, 0.6) is 11.5 Å². The molecule has 1 aliphatic rings. The molecule has 0 radical (unpaired) electrons. The second-order valence-electron chi connectivity index (χ2n) is 4.99. The summed E-state index contributed by atoms with van der Waals surface area (Å²) in [7, 11) is 1.68. The lowest BCUT2D eigenvalue weighted by Gasteiger charge is -2.32. The second kappa shape index (κ2) is 6.38. The van der Waals surface area contributed by atoms with Gasteiger partial charge < -0.3 is 14.8 Å². The van der Waals surface area contributed by atoms with Crippen molar-refractivity contribution in [2.45, 2.75) is 25.5 Å². The zero-order valence-corrected chi connectivity index (χ0v) is 14.5. The number of rotatable bonds is 4. The summed E-state index contributed by atoms with van der Waals surface area (Å²) in [5.74, 6) is 1.74. The van der Waals surface area contributed by atoms with Crippen LogP contribution < -0.4 is 14.8 Å². The molecule has 1 aliphatic heterocycles. The normalized spacial score (nSPS) is 20.7. The van der Waals surface area contributed by atoms with Crippen LogP contribution in [-0.4, -0.2) is 13.7 Å². The second-order valence-corrected chi connectivity index (χ2v) is 6.79. The Kier molecular flexibility index (Phi) is 4.52. The maximum Gasteiger partial charge on any atom is 0.136 e. The molecular formula is C16H18BrNO2S. The van der Waals surface area contributed by atoms with Gasteiger partial charge in [0.15, 0.2) is 0 Å². The third-order valence-corrected chi connectivity index (χ3v) is 5.67. The Balaban J connectivity index is 1.97. The fourth-order valence-corrected chi connectivity index (χ4v) is 4.38. The molecule has 0 spiro atoms. The number of methoxy groups -OCH3 is 1. The van der Waals surface area contributed by atoms with E-state index in [0.29, 0.717) is 6.04 Å². The van der Waals surface area contributed by atoms with Crippen LogP contribution in [0.25, 0.3) is 0 Å². The average molecular weight is 368 g/mol. The highest BCUT2D eigenvalue weighted by Crippen LogP contribution is 2.45. The Labute approximate surface area is 137 Å². The van der Waals surface area contributed by atoms with Gasteiger partial charge in [0.05, 0.1) is 12.0 Å². The van der Waals surface area contributed by atoms with Crippen molar-refractivity contribution in [1.29, 1.82) is 0 Å². The molecule has 0 amide bonds. The topological polar surface area (TPSA) is 30.5 Å². The van der Waals surface area contributed by atoms with Gasteiger partial charge in [-0.1, -0.05) is 13.0 Å². The molecule has 3 nitrogen and oxygen atoms in total. The number of nitrogens with one attached hydrogen (secondary N) is 1. The fourth-order valence-electron chi connectivity index (χ4n) is 2.71. The standard InChI is InChI=1S/C16H18BrNO2S/c1-3-18-13-9-15(16-12(17)6-7-21-16)20-14-8-10(19-2)4-5-11(13)14/h4-8,13,15,18H,3,9H2,1-2H3. The highest BCUT2D eigenvalue weighted by atomic mass is 79.9. The van der Waals surface area contributed by atoms with E-state index in [9.17, 15) is 0 Å². The summed E-state index contributed by atoms with van der Waals surface area (Å²) < 4.78 is 12.7. The number of benzene rings is 1. The maximum atomic E-state index is 6.24. The molecule has 0 aliphatic carbocycles. The van der Waals surface area contributed by atoms with Gasteiger partial charge in [0.2, 0.25) is 0 Å². The van der Waals surface area contributed by atoms with E-state index in [1.165, 1.54) is 10.4 Å². The molecule has 1 N–H and O–H groups in total. The zero-order valence-electron chi connectivity index (χ0n) is 12.1. The Morgan fingerprint density at radius 2 is 2.29 bits per heavy atom. The quantitative estimate of drug-likeness (QED) is 0.849. The van der Waals surface area contributed by atoms with Crippen LogP contribution in [0.2, 0.25) is 0 Å². The Morgan fingerprint density at radius 1 is 1.43 bits per heavy atom. The molecule has 0 fully saturated rings. The van der Waals surface area contributed by atoms with Gasteiger partial charge in [0.1, 0.15) is 17.6 Å². The largest absolute Gasteiger partial charge is 0.497 e. The van der Waals surface area contributed by atoms with E-state index in [2.05, 4.69) is 45.7 Å². The molecule has 5 heteroatoms. The first kappa shape index (κ1) is 14.9. The van der Waals surface area contributed by atoms with Gasteiger partial charge in [-0.2, -0.15) is 0 Å². The first-order valence-corrected chi connectivity index (χ1v) is 8.71. The van der Waals surface area contributed by atoms with Crippen LogP contribution in [0.4, 0.5) is 0 Å². The summed E-state index contributed by atoms with van der Waals surface area (Å²) in [5, 5.41) is 5.65. The SMILES string of the molecule is CCNC1CC(c2sccc2Br)Oc2cc(OC)ccc21. The number of fused-ring (bicyclic) bond motifs is 1. The van der Waals surface area contributed by atoms with Crippen LogP contribution in [0.3, 0.4) is 0 Å². The van der Waals surface area contributed by atoms with Crippen LogP contribution in [0, 0.1) is 0 Å². The molecule has 2 heterocycles. The van der Waals surface area contributed by atoms with E-state index in [0.717, 1.165) is 28.9 Å². The first-order chi connectivity index (χ1) is 10.2. The van der Waals surface area contributed by atoms with Gasteiger partial charge in [-0.3, -0.25) is 0 Å². The van der Waals surface area contributed by atoms with Crippen LogP contribution in [-0.2, 0) is 0 Å². The van der Waals surface area contributed by atoms with Crippen LogP contribution in [0.15, 0.2) is 34.1 Å². The predicted octanol–water partition coefficient (Wildman–Crippen LogP) is 4.69. The number of hydrogen-bond donors (Lipinski definition) is 1. The molecular weight excluding hydrogens is 350 g/mol. The van der Waals surface area contributed by atoms with Crippen LogP contribution >= 0.6 is 27.3 Å². The van der Waals surface area contributed by atoms with Gasteiger partial charge >= 0.3 is 0 Å². The fraction of sp³-hybridized carbons (Fsp3) is 0.375. The summed E-state index contributed by atoms with van der Waals surface area (Å²) >= 11 is 5.34. The Morgan fingerprint density at radius 3 is 2.95 bits per heavy atom. The lowest BCUT2D eigenvalue weighted by Crippen LogP contribution is -2.28. The lowest BCUT2D eigenvalue weighted by atomic mass is 9.95. The third kappa shape index (κ3) is 2.96. The average Bonchev–Trinajstić information content (AvgIpc) is 2.93. The number of thiophene rings is 1. The van der Waals surface area contributed by atoms with E-state index in [4.69, 9.17) is 9.47 Å². The van der Waals surface area contributed by atoms with Gasteiger partial charge in [0, 0.05) is 28.6 Å². The van der Waals surface area contributed by atoms with Gasteiger partial charge in [-0.25, -0.2) is 0 Å². The van der Waals surface area contributed by atoms with Crippen molar-refractivity contribution in [1.82, 2.24) is 5.32 Å². The Hall–Kier alpha value is -1.04. The monoisotopic (exact) mass is 367 g/mol. The highest BCUT2D eigenvalue weighted by molar-refractivity contribution is 9.10. The van der Waals surface area contributed by atoms with Crippen molar-refractivity contribution in [2.24, 2.45) is 0 Å². The molecule has 2 unspecified atom stereocenters.